The lowest BCUT2D eigenvalue weighted by atomic mass is 9.96. The molecule has 2 aliphatic rings. The second kappa shape index (κ2) is 2.27. The van der Waals surface area contributed by atoms with Crippen molar-refractivity contribution in [2.75, 3.05) is 13.1 Å². The topological polar surface area (TPSA) is 20.3 Å². The van der Waals surface area contributed by atoms with Gasteiger partial charge < -0.3 is 4.79 Å². The Hall–Kier alpha value is -0.440. The number of alkyl halides is 1. The summed E-state index contributed by atoms with van der Waals surface area (Å²) >= 11 is 0. The summed E-state index contributed by atoms with van der Waals surface area (Å²) in [5.41, 5.74) is -0.403. The van der Waals surface area contributed by atoms with Crippen molar-refractivity contribution in [3.05, 3.63) is 0 Å². The SMILES string of the molecule is O=C[C@@]12CCCN1C[C@H](F)C2. The van der Waals surface area contributed by atoms with Crippen LogP contribution in [0.15, 0.2) is 0 Å². The fourth-order valence-electron chi connectivity index (χ4n) is 2.33. The van der Waals surface area contributed by atoms with Crippen molar-refractivity contribution in [2.45, 2.75) is 31.0 Å². The van der Waals surface area contributed by atoms with Gasteiger partial charge in [-0.15, -0.1) is 0 Å². The maximum Gasteiger partial charge on any atom is 0.140 e. The van der Waals surface area contributed by atoms with Crippen LogP contribution < -0.4 is 0 Å². The normalized spacial score (nSPS) is 44.3. The Morgan fingerprint density at radius 3 is 3.09 bits per heavy atom. The van der Waals surface area contributed by atoms with Crippen molar-refractivity contribution in [1.82, 2.24) is 4.90 Å². The van der Waals surface area contributed by atoms with E-state index in [4.69, 9.17) is 0 Å². The Morgan fingerprint density at radius 1 is 1.64 bits per heavy atom. The van der Waals surface area contributed by atoms with Crippen LogP contribution in [0.1, 0.15) is 19.3 Å². The van der Waals surface area contributed by atoms with Gasteiger partial charge in [-0.2, -0.15) is 0 Å². The summed E-state index contributed by atoms with van der Waals surface area (Å²) in [5.74, 6) is 0. The third kappa shape index (κ3) is 0.906. The maximum absolute atomic E-state index is 12.9. The molecule has 0 spiro atoms. The Kier molecular flexibility index (Phi) is 1.49. The average molecular weight is 157 g/mol. The highest BCUT2D eigenvalue weighted by molar-refractivity contribution is 5.65. The molecule has 62 valence electrons. The van der Waals surface area contributed by atoms with E-state index in [1.165, 1.54) is 0 Å². The molecule has 0 bridgehead atoms. The molecule has 2 aliphatic heterocycles. The predicted molar refractivity (Wildman–Crippen MR) is 39.1 cm³/mol. The lowest BCUT2D eigenvalue weighted by Crippen LogP contribution is -2.39. The van der Waals surface area contributed by atoms with Gasteiger partial charge in [-0.3, -0.25) is 4.90 Å². The number of halogens is 1. The zero-order chi connectivity index (χ0) is 7.90. The maximum atomic E-state index is 12.9. The van der Waals surface area contributed by atoms with Crippen LogP contribution in [-0.4, -0.2) is 36.0 Å². The lowest BCUT2D eigenvalue weighted by molar-refractivity contribution is -0.115. The van der Waals surface area contributed by atoms with E-state index in [1.54, 1.807) is 0 Å². The van der Waals surface area contributed by atoms with E-state index in [0.717, 1.165) is 25.7 Å². The van der Waals surface area contributed by atoms with Gasteiger partial charge in [0.05, 0.1) is 5.54 Å². The molecule has 0 aliphatic carbocycles. The number of hydrogen-bond donors (Lipinski definition) is 0. The van der Waals surface area contributed by atoms with E-state index in [-0.39, 0.29) is 0 Å². The summed E-state index contributed by atoms with van der Waals surface area (Å²) in [5, 5.41) is 0. The molecule has 2 atom stereocenters. The smallest absolute Gasteiger partial charge is 0.140 e. The number of nitrogens with zero attached hydrogens (tertiary/aromatic N) is 1. The fourth-order valence-corrected chi connectivity index (χ4v) is 2.33. The first-order valence-electron chi connectivity index (χ1n) is 4.12. The molecule has 0 saturated carbocycles. The number of rotatable bonds is 1. The summed E-state index contributed by atoms with van der Waals surface area (Å²) in [6.45, 7) is 1.37. The van der Waals surface area contributed by atoms with Gasteiger partial charge >= 0.3 is 0 Å². The molecule has 0 amide bonds. The van der Waals surface area contributed by atoms with Crippen LogP contribution in [0.4, 0.5) is 4.39 Å². The van der Waals surface area contributed by atoms with E-state index in [9.17, 15) is 9.18 Å². The largest absolute Gasteiger partial charge is 0.301 e. The highest BCUT2D eigenvalue weighted by Gasteiger charge is 2.48. The summed E-state index contributed by atoms with van der Waals surface area (Å²) in [7, 11) is 0. The van der Waals surface area contributed by atoms with Crippen LogP contribution >= 0.6 is 0 Å². The standard InChI is InChI=1S/C8H12FNO/c9-7-4-8(6-11)2-1-3-10(8)5-7/h6-7H,1-5H2/t7-,8+/m1/s1. The fraction of sp³-hybridized carbons (Fsp3) is 0.875. The molecule has 2 fully saturated rings. The first kappa shape index (κ1) is 7.22. The molecule has 2 heterocycles. The zero-order valence-corrected chi connectivity index (χ0v) is 6.42. The molecule has 0 aromatic heterocycles. The minimum Gasteiger partial charge on any atom is -0.301 e. The highest BCUT2D eigenvalue weighted by atomic mass is 19.1. The average Bonchev–Trinajstić information content (AvgIpc) is 2.43. The van der Waals surface area contributed by atoms with Crippen LogP contribution in [0.3, 0.4) is 0 Å². The van der Waals surface area contributed by atoms with Gasteiger partial charge in [-0.05, 0) is 19.4 Å². The van der Waals surface area contributed by atoms with E-state index in [0.29, 0.717) is 13.0 Å². The van der Waals surface area contributed by atoms with Crippen LogP contribution in [0.5, 0.6) is 0 Å². The Bertz CT molecular complexity index is 185. The minimum absolute atomic E-state index is 0.403. The molecule has 0 radical (unpaired) electrons. The van der Waals surface area contributed by atoms with E-state index in [2.05, 4.69) is 0 Å². The van der Waals surface area contributed by atoms with Crippen LogP contribution in [-0.2, 0) is 4.79 Å². The Morgan fingerprint density at radius 2 is 2.45 bits per heavy atom. The van der Waals surface area contributed by atoms with Gasteiger partial charge in [0.2, 0.25) is 0 Å². The van der Waals surface area contributed by atoms with Crippen molar-refractivity contribution < 1.29 is 9.18 Å². The van der Waals surface area contributed by atoms with Gasteiger partial charge in [0.1, 0.15) is 12.5 Å². The van der Waals surface area contributed by atoms with Crippen molar-refractivity contribution in [3.8, 4) is 0 Å². The molecule has 2 rings (SSSR count). The number of hydrogen-bond acceptors (Lipinski definition) is 2. The first-order valence-corrected chi connectivity index (χ1v) is 4.12. The van der Waals surface area contributed by atoms with Gasteiger partial charge in [-0.25, -0.2) is 4.39 Å². The molecule has 2 nitrogen and oxygen atoms in total. The van der Waals surface area contributed by atoms with Crippen LogP contribution in [0.2, 0.25) is 0 Å². The van der Waals surface area contributed by atoms with Gasteiger partial charge in [0.15, 0.2) is 0 Å². The van der Waals surface area contributed by atoms with Crippen molar-refractivity contribution in [2.24, 2.45) is 0 Å². The molecular weight excluding hydrogens is 145 g/mol. The predicted octanol–water partition coefficient (Wildman–Crippen LogP) is 0.762. The number of aldehydes is 1. The third-order valence-electron chi connectivity index (χ3n) is 2.88. The van der Waals surface area contributed by atoms with E-state index >= 15 is 0 Å². The van der Waals surface area contributed by atoms with Crippen molar-refractivity contribution in [3.63, 3.8) is 0 Å². The second-order valence-corrected chi connectivity index (χ2v) is 3.57. The Balaban J connectivity index is 2.21. The summed E-state index contributed by atoms with van der Waals surface area (Å²) < 4.78 is 12.9. The first-order chi connectivity index (χ1) is 5.27. The summed E-state index contributed by atoms with van der Waals surface area (Å²) in [6, 6.07) is 0. The highest BCUT2D eigenvalue weighted by Crippen LogP contribution is 2.38. The Labute approximate surface area is 65.4 Å². The third-order valence-corrected chi connectivity index (χ3v) is 2.88. The monoisotopic (exact) mass is 157 g/mol. The molecule has 11 heavy (non-hydrogen) atoms. The molecule has 0 aromatic carbocycles. The summed E-state index contributed by atoms with van der Waals surface area (Å²) in [4.78, 5) is 12.7. The van der Waals surface area contributed by atoms with Crippen LogP contribution in [0.25, 0.3) is 0 Å². The molecule has 0 N–H and O–H groups in total. The molecule has 2 saturated heterocycles. The van der Waals surface area contributed by atoms with Crippen molar-refractivity contribution >= 4 is 6.29 Å². The number of carbonyl (C=O) groups is 1. The molecular formula is C8H12FNO. The van der Waals surface area contributed by atoms with Gasteiger partial charge in [-0.1, -0.05) is 0 Å². The van der Waals surface area contributed by atoms with Gasteiger partial charge in [0, 0.05) is 13.0 Å². The van der Waals surface area contributed by atoms with E-state index < -0.39 is 11.7 Å². The van der Waals surface area contributed by atoms with Crippen molar-refractivity contribution in [1.29, 1.82) is 0 Å². The quantitative estimate of drug-likeness (QED) is 0.524. The molecule has 3 heteroatoms. The zero-order valence-electron chi connectivity index (χ0n) is 6.42. The van der Waals surface area contributed by atoms with Crippen LogP contribution in [0, 0.1) is 0 Å². The molecule has 0 unspecified atom stereocenters. The molecule has 0 aromatic rings. The van der Waals surface area contributed by atoms with E-state index in [1.807, 2.05) is 4.90 Å². The minimum atomic E-state index is -0.777. The lowest BCUT2D eigenvalue weighted by Gasteiger charge is -2.24. The number of carbonyl (C=O) groups excluding carboxylic acids is 1. The second-order valence-electron chi connectivity index (χ2n) is 3.57. The summed E-state index contributed by atoms with van der Waals surface area (Å²) in [6.07, 6.45) is 2.50. The van der Waals surface area contributed by atoms with Gasteiger partial charge in [0.25, 0.3) is 0 Å². The number of fused-ring (bicyclic) bond motifs is 1.